The van der Waals surface area contributed by atoms with Crippen molar-refractivity contribution in [3.8, 4) is 0 Å². The molecule has 1 N–H and O–H groups in total. The summed E-state index contributed by atoms with van der Waals surface area (Å²) in [5.74, 6) is 0. The van der Waals surface area contributed by atoms with Crippen LogP contribution in [0.25, 0.3) is 0 Å². The maximum absolute atomic E-state index is 6.27. The van der Waals surface area contributed by atoms with E-state index >= 15 is 0 Å². The van der Waals surface area contributed by atoms with Crippen molar-refractivity contribution in [3.05, 3.63) is 16.1 Å². The molecule has 2 atom stereocenters. The van der Waals surface area contributed by atoms with Crippen LogP contribution in [0.2, 0.25) is 0 Å². The van der Waals surface area contributed by atoms with Gasteiger partial charge in [0.1, 0.15) is 5.01 Å². The van der Waals surface area contributed by atoms with Crippen LogP contribution in [-0.2, 0) is 6.54 Å². The van der Waals surface area contributed by atoms with E-state index in [9.17, 15) is 0 Å². The van der Waals surface area contributed by atoms with Crippen LogP contribution in [0.1, 0.15) is 36.4 Å². The second-order valence-electron chi connectivity index (χ2n) is 4.17. The van der Waals surface area contributed by atoms with Crippen molar-refractivity contribution >= 4 is 22.9 Å². The molecule has 1 aromatic rings. The lowest BCUT2D eigenvalue weighted by molar-refractivity contribution is 0.378. The first-order chi connectivity index (χ1) is 7.25. The number of thiazole rings is 1. The van der Waals surface area contributed by atoms with Crippen LogP contribution in [0.4, 0.5) is 0 Å². The predicted molar refractivity (Wildman–Crippen MR) is 65.6 cm³/mol. The van der Waals surface area contributed by atoms with E-state index in [1.165, 1.54) is 24.3 Å². The standard InChI is InChI=1S/C11H17ClN2S/c1-8-7-15-11(14-8)6-13-10-5-3-2-4-9(10)12/h7,9-10,13H,2-6H2,1H3. The Bertz CT molecular complexity index is 313. The Kier molecular flexibility index (Phi) is 4.00. The lowest BCUT2D eigenvalue weighted by Gasteiger charge is -2.27. The summed E-state index contributed by atoms with van der Waals surface area (Å²) in [6.07, 6.45) is 4.94. The molecule has 0 aliphatic heterocycles. The van der Waals surface area contributed by atoms with Crippen molar-refractivity contribution in [2.24, 2.45) is 0 Å². The Hall–Kier alpha value is -0.120. The summed E-state index contributed by atoms with van der Waals surface area (Å²) in [6.45, 7) is 2.90. The first kappa shape index (κ1) is 11.4. The van der Waals surface area contributed by atoms with E-state index in [-0.39, 0.29) is 0 Å². The number of rotatable bonds is 3. The summed E-state index contributed by atoms with van der Waals surface area (Å²) in [6, 6.07) is 0.477. The zero-order valence-electron chi connectivity index (χ0n) is 9.00. The lowest BCUT2D eigenvalue weighted by atomic mass is 9.95. The van der Waals surface area contributed by atoms with Gasteiger partial charge in [-0.3, -0.25) is 0 Å². The molecule has 0 saturated heterocycles. The maximum atomic E-state index is 6.27. The fourth-order valence-corrected chi connectivity index (χ4v) is 3.11. The largest absolute Gasteiger partial charge is 0.306 e. The van der Waals surface area contributed by atoms with Gasteiger partial charge in [0.05, 0.1) is 0 Å². The minimum absolute atomic E-state index is 0.305. The SMILES string of the molecule is Cc1csc(CNC2CCCCC2Cl)n1. The summed E-state index contributed by atoms with van der Waals surface area (Å²) >= 11 is 8.00. The van der Waals surface area contributed by atoms with Crippen LogP contribution in [0.3, 0.4) is 0 Å². The monoisotopic (exact) mass is 244 g/mol. The van der Waals surface area contributed by atoms with Crippen LogP contribution in [0, 0.1) is 6.92 Å². The highest BCUT2D eigenvalue weighted by molar-refractivity contribution is 7.09. The second-order valence-corrected chi connectivity index (χ2v) is 5.67. The Balaban J connectivity index is 1.81. The molecule has 0 amide bonds. The molecule has 0 radical (unpaired) electrons. The minimum Gasteiger partial charge on any atom is -0.306 e. The molecule has 1 fully saturated rings. The van der Waals surface area contributed by atoms with Gasteiger partial charge in [0, 0.05) is 29.0 Å². The van der Waals surface area contributed by atoms with Crippen molar-refractivity contribution < 1.29 is 0 Å². The zero-order valence-corrected chi connectivity index (χ0v) is 10.6. The number of nitrogens with zero attached hydrogens (tertiary/aromatic N) is 1. The van der Waals surface area contributed by atoms with E-state index in [0.717, 1.165) is 18.7 Å². The minimum atomic E-state index is 0.305. The van der Waals surface area contributed by atoms with Crippen LogP contribution in [0.5, 0.6) is 0 Å². The Morgan fingerprint density at radius 3 is 3.00 bits per heavy atom. The first-order valence-corrected chi connectivity index (χ1v) is 6.86. The fraction of sp³-hybridized carbons (Fsp3) is 0.727. The number of nitrogens with one attached hydrogen (secondary N) is 1. The second kappa shape index (κ2) is 5.28. The van der Waals surface area contributed by atoms with Crippen molar-refractivity contribution in [3.63, 3.8) is 0 Å². The third kappa shape index (κ3) is 3.16. The highest BCUT2D eigenvalue weighted by Crippen LogP contribution is 2.23. The molecular weight excluding hydrogens is 228 g/mol. The average molecular weight is 245 g/mol. The number of alkyl halides is 1. The van der Waals surface area contributed by atoms with E-state index in [0.29, 0.717) is 11.4 Å². The molecule has 1 aliphatic carbocycles. The lowest BCUT2D eigenvalue weighted by Crippen LogP contribution is -2.38. The van der Waals surface area contributed by atoms with Gasteiger partial charge in [-0.25, -0.2) is 4.98 Å². The number of aryl methyl sites for hydroxylation is 1. The number of halogens is 1. The smallest absolute Gasteiger partial charge is 0.107 e. The summed E-state index contributed by atoms with van der Waals surface area (Å²) in [5.41, 5.74) is 1.11. The van der Waals surface area contributed by atoms with Gasteiger partial charge in [0.15, 0.2) is 0 Å². The van der Waals surface area contributed by atoms with Crippen LogP contribution >= 0.6 is 22.9 Å². The summed E-state index contributed by atoms with van der Waals surface area (Å²) in [7, 11) is 0. The molecule has 4 heteroatoms. The topological polar surface area (TPSA) is 24.9 Å². The summed E-state index contributed by atoms with van der Waals surface area (Å²) in [5, 5.41) is 7.08. The van der Waals surface area contributed by atoms with E-state index in [2.05, 4.69) is 15.7 Å². The zero-order chi connectivity index (χ0) is 10.7. The van der Waals surface area contributed by atoms with Crippen molar-refractivity contribution in [1.82, 2.24) is 10.3 Å². The molecule has 0 spiro atoms. The third-order valence-corrected chi connectivity index (χ3v) is 4.35. The molecule has 15 heavy (non-hydrogen) atoms. The summed E-state index contributed by atoms with van der Waals surface area (Å²) in [4.78, 5) is 4.43. The maximum Gasteiger partial charge on any atom is 0.107 e. The van der Waals surface area contributed by atoms with E-state index in [1.54, 1.807) is 11.3 Å². The van der Waals surface area contributed by atoms with Gasteiger partial charge in [-0.15, -0.1) is 22.9 Å². The van der Waals surface area contributed by atoms with E-state index in [1.807, 2.05) is 6.92 Å². The van der Waals surface area contributed by atoms with E-state index in [4.69, 9.17) is 11.6 Å². The molecule has 2 rings (SSSR count). The number of aromatic nitrogens is 1. The van der Waals surface area contributed by atoms with Crippen molar-refractivity contribution in [2.75, 3.05) is 0 Å². The van der Waals surface area contributed by atoms with Gasteiger partial charge < -0.3 is 5.32 Å². The average Bonchev–Trinajstić information content (AvgIpc) is 2.63. The first-order valence-electron chi connectivity index (χ1n) is 5.54. The predicted octanol–water partition coefficient (Wildman–Crippen LogP) is 3.09. The molecule has 0 bridgehead atoms. The molecule has 1 aromatic heterocycles. The van der Waals surface area contributed by atoms with Crippen molar-refractivity contribution in [1.29, 1.82) is 0 Å². The highest BCUT2D eigenvalue weighted by atomic mass is 35.5. The fourth-order valence-electron chi connectivity index (χ4n) is 2.02. The quantitative estimate of drug-likeness (QED) is 0.827. The molecule has 0 aromatic carbocycles. The third-order valence-electron chi connectivity index (χ3n) is 2.86. The Morgan fingerprint density at radius 1 is 1.53 bits per heavy atom. The molecule has 1 heterocycles. The van der Waals surface area contributed by atoms with Gasteiger partial charge >= 0.3 is 0 Å². The van der Waals surface area contributed by atoms with Gasteiger partial charge in [-0.05, 0) is 19.8 Å². The Morgan fingerprint density at radius 2 is 2.33 bits per heavy atom. The molecular formula is C11H17ClN2S. The van der Waals surface area contributed by atoms with Gasteiger partial charge in [-0.1, -0.05) is 12.8 Å². The van der Waals surface area contributed by atoms with Crippen molar-refractivity contribution in [2.45, 2.75) is 50.6 Å². The Labute approximate surface area is 100 Å². The highest BCUT2D eigenvalue weighted by Gasteiger charge is 2.22. The normalized spacial score (nSPS) is 26.8. The number of hydrogen-bond donors (Lipinski definition) is 1. The number of hydrogen-bond acceptors (Lipinski definition) is 3. The van der Waals surface area contributed by atoms with Crippen LogP contribution in [0.15, 0.2) is 5.38 Å². The van der Waals surface area contributed by atoms with E-state index < -0.39 is 0 Å². The molecule has 1 saturated carbocycles. The summed E-state index contributed by atoms with van der Waals surface area (Å²) < 4.78 is 0. The van der Waals surface area contributed by atoms with Crippen LogP contribution < -0.4 is 5.32 Å². The van der Waals surface area contributed by atoms with Gasteiger partial charge in [0.2, 0.25) is 0 Å². The van der Waals surface area contributed by atoms with Gasteiger partial charge in [-0.2, -0.15) is 0 Å². The molecule has 84 valence electrons. The molecule has 1 aliphatic rings. The van der Waals surface area contributed by atoms with Crippen LogP contribution in [-0.4, -0.2) is 16.4 Å². The van der Waals surface area contributed by atoms with Gasteiger partial charge in [0.25, 0.3) is 0 Å². The molecule has 2 unspecified atom stereocenters. The molecule has 2 nitrogen and oxygen atoms in total.